The quantitative estimate of drug-likeness (QED) is 0.560. The van der Waals surface area contributed by atoms with Crippen molar-refractivity contribution in [1.29, 1.82) is 0 Å². The van der Waals surface area contributed by atoms with E-state index < -0.39 is 0 Å². The summed E-state index contributed by atoms with van der Waals surface area (Å²) in [5, 5.41) is 3.93. The molecule has 0 unspecified atom stereocenters. The van der Waals surface area contributed by atoms with Gasteiger partial charge in [0.1, 0.15) is 5.82 Å². The molecular weight excluding hydrogens is 134 g/mol. The first-order chi connectivity index (χ1) is 4.25. The van der Waals surface area contributed by atoms with Crippen LogP contribution in [-0.4, -0.2) is 9.78 Å². The fourth-order valence-corrected chi connectivity index (χ4v) is 0.858. The summed E-state index contributed by atoms with van der Waals surface area (Å²) in [7, 11) is 1.81. The Bertz CT molecular complexity index is 206. The molecule has 1 aromatic rings. The second-order valence-electron chi connectivity index (χ2n) is 1.84. The zero-order valence-electron chi connectivity index (χ0n) is 5.20. The van der Waals surface area contributed by atoms with Gasteiger partial charge in [0.2, 0.25) is 0 Å². The molecule has 0 aliphatic carbocycles. The Balaban J connectivity index is 3.04. The minimum Gasteiger partial charge on any atom is -0.384 e. The van der Waals surface area contributed by atoms with Crippen LogP contribution in [0.5, 0.6) is 0 Å². The zero-order valence-corrected chi connectivity index (χ0v) is 6.10. The number of aromatic nitrogens is 2. The monoisotopic (exact) mass is 143 g/mol. The van der Waals surface area contributed by atoms with E-state index in [1.807, 2.05) is 7.05 Å². The van der Waals surface area contributed by atoms with Gasteiger partial charge in [0.15, 0.2) is 0 Å². The fraction of sp³-hybridized carbons (Fsp3) is 0.400. The van der Waals surface area contributed by atoms with Crippen LogP contribution >= 0.6 is 12.6 Å². The molecule has 0 fully saturated rings. The predicted octanol–water partition coefficient (Wildman–Crippen LogP) is 0.432. The van der Waals surface area contributed by atoms with Crippen LogP contribution in [0.2, 0.25) is 0 Å². The smallest absolute Gasteiger partial charge is 0.125 e. The van der Waals surface area contributed by atoms with Crippen LogP contribution in [-0.2, 0) is 12.8 Å². The Kier molecular flexibility index (Phi) is 1.66. The van der Waals surface area contributed by atoms with Crippen molar-refractivity contribution in [2.24, 2.45) is 7.05 Å². The third-order valence-corrected chi connectivity index (χ3v) is 1.58. The molecule has 9 heavy (non-hydrogen) atoms. The van der Waals surface area contributed by atoms with Crippen molar-refractivity contribution in [2.45, 2.75) is 5.75 Å². The highest BCUT2D eigenvalue weighted by Gasteiger charge is 1.99. The molecule has 1 aromatic heterocycles. The molecule has 0 aliphatic heterocycles. The summed E-state index contributed by atoms with van der Waals surface area (Å²) in [6.07, 6.45) is 1.72. The molecule has 4 heteroatoms. The second kappa shape index (κ2) is 2.31. The van der Waals surface area contributed by atoms with Gasteiger partial charge in [0, 0.05) is 18.4 Å². The lowest BCUT2D eigenvalue weighted by Crippen LogP contribution is -1.98. The molecule has 0 aliphatic rings. The van der Waals surface area contributed by atoms with Gasteiger partial charge in [-0.1, -0.05) is 0 Å². The average molecular weight is 143 g/mol. The van der Waals surface area contributed by atoms with Crippen LogP contribution < -0.4 is 5.73 Å². The van der Waals surface area contributed by atoms with E-state index in [9.17, 15) is 0 Å². The van der Waals surface area contributed by atoms with Gasteiger partial charge in [-0.15, -0.1) is 0 Å². The number of hydrogen-bond acceptors (Lipinski definition) is 3. The molecule has 0 spiro atoms. The first-order valence-corrected chi connectivity index (χ1v) is 3.26. The largest absolute Gasteiger partial charge is 0.384 e. The molecular formula is C5H9N3S. The van der Waals surface area contributed by atoms with E-state index in [2.05, 4.69) is 17.7 Å². The summed E-state index contributed by atoms with van der Waals surface area (Å²) in [6, 6.07) is 0. The number of rotatable bonds is 1. The number of aryl methyl sites for hydroxylation is 1. The van der Waals surface area contributed by atoms with E-state index in [1.165, 1.54) is 0 Å². The highest BCUT2D eigenvalue weighted by atomic mass is 32.1. The molecule has 1 heterocycles. The standard InChI is InChI=1S/C5H9N3S/c1-8-5(6)4(3-9)2-7-8/h2,9H,3,6H2,1H3. The number of anilines is 1. The normalized spacial score (nSPS) is 10.0. The van der Waals surface area contributed by atoms with Crippen LogP contribution in [0.1, 0.15) is 5.56 Å². The Morgan fingerprint density at radius 3 is 2.78 bits per heavy atom. The molecule has 50 valence electrons. The highest BCUT2D eigenvalue weighted by Crippen LogP contribution is 2.10. The summed E-state index contributed by atoms with van der Waals surface area (Å²) in [5.41, 5.74) is 6.55. The Morgan fingerprint density at radius 1 is 1.89 bits per heavy atom. The molecule has 1 rings (SSSR count). The number of thiol groups is 1. The van der Waals surface area contributed by atoms with Gasteiger partial charge in [-0.2, -0.15) is 17.7 Å². The van der Waals surface area contributed by atoms with E-state index in [-0.39, 0.29) is 0 Å². The van der Waals surface area contributed by atoms with Crippen molar-refractivity contribution in [2.75, 3.05) is 5.73 Å². The highest BCUT2D eigenvalue weighted by molar-refractivity contribution is 7.79. The van der Waals surface area contributed by atoms with Gasteiger partial charge in [-0.25, -0.2) is 0 Å². The summed E-state index contributed by atoms with van der Waals surface area (Å²) in [4.78, 5) is 0. The maximum Gasteiger partial charge on any atom is 0.125 e. The topological polar surface area (TPSA) is 43.8 Å². The van der Waals surface area contributed by atoms with E-state index in [0.717, 1.165) is 5.56 Å². The number of nitrogen functional groups attached to an aromatic ring is 1. The molecule has 0 saturated carbocycles. The summed E-state index contributed by atoms with van der Waals surface area (Å²) in [5.74, 6) is 1.35. The van der Waals surface area contributed by atoms with Gasteiger partial charge in [-0.3, -0.25) is 4.68 Å². The first-order valence-electron chi connectivity index (χ1n) is 2.63. The lowest BCUT2D eigenvalue weighted by molar-refractivity contribution is 0.779. The summed E-state index contributed by atoms with van der Waals surface area (Å²) < 4.78 is 1.63. The third kappa shape index (κ3) is 1.03. The molecule has 0 radical (unpaired) electrons. The van der Waals surface area contributed by atoms with Crippen molar-refractivity contribution < 1.29 is 0 Å². The number of hydrogen-bond donors (Lipinski definition) is 2. The third-order valence-electron chi connectivity index (χ3n) is 1.23. The molecule has 0 amide bonds. The summed E-state index contributed by atoms with van der Waals surface area (Å²) in [6.45, 7) is 0. The second-order valence-corrected chi connectivity index (χ2v) is 2.15. The van der Waals surface area contributed by atoms with Crippen LogP contribution in [0.25, 0.3) is 0 Å². The van der Waals surface area contributed by atoms with Crippen LogP contribution in [0, 0.1) is 0 Å². The predicted molar refractivity (Wildman–Crippen MR) is 40.3 cm³/mol. The molecule has 3 nitrogen and oxygen atoms in total. The van der Waals surface area contributed by atoms with Crippen LogP contribution in [0.15, 0.2) is 6.20 Å². The first kappa shape index (κ1) is 6.48. The molecule has 0 saturated heterocycles. The Labute approximate surface area is 59.3 Å². The minimum absolute atomic E-state index is 0.652. The lowest BCUT2D eigenvalue weighted by atomic mass is 10.4. The zero-order chi connectivity index (χ0) is 6.85. The fourth-order valence-electron chi connectivity index (χ4n) is 0.614. The number of nitrogens with zero attached hydrogens (tertiary/aromatic N) is 2. The van der Waals surface area contributed by atoms with E-state index in [1.54, 1.807) is 10.9 Å². The van der Waals surface area contributed by atoms with Gasteiger partial charge in [0.25, 0.3) is 0 Å². The van der Waals surface area contributed by atoms with E-state index in [4.69, 9.17) is 5.73 Å². The van der Waals surface area contributed by atoms with E-state index >= 15 is 0 Å². The van der Waals surface area contributed by atoms with Crippen molar-refractivity contribution in [3.05, 3.63) is 11.8 Å². The van der Waals surface area contributed by atoms with Crippen molar-refractivity contribution in [1.82, 2.24) is 9.78 Å². The van der Waals surface area contributed by atoms with Gasteiger partial charge in [0.05, 0.1) is 6.20 Å². The number of nitrogens with two attached hydrogens (primary N) is 1. The molecule has 0 bridgehead atoms. The summed E-state index contributed by atoms with van der Waals surface area (Å²) >= 11 is 4.06. The Morgan fingerprint density at radius 2 is 2.56 bits per heavy atom. The van der Waals surface area contributed by atoms with Crippen molar-refractivity contribution in [3.63, 3.8) is 0 Å². The van der Waals surface area contributed by atoms with Crippen molar-refractivity contribution in [3.8, 4) is 0 Å². The van der Waals surface area contributed by atoms with Crippen LogP contribution in [0.3, 0.4) is 0 Å². The molecule has 0 atom stereocenters. The van der Waals surface area contributed by atoms with Gasteiger partial charge < -0.3 is 5.73 Å². The lowest BCUT2D eigenvalue weighted by Gasteiger charge is -1.93. The van der Waals surface area contributed by atoms with E-state index in [0.29, 0.717) is 11.6 Å². The van der Waals surface area contributed by atoms with Gasteiger partial charge in [-0.05, 0) is 0 Å². The minimum atomic E-state index is 0.652. The molecule has 0 aromatic carbocycles. The SMILES string of the molecule is Cn1ncc(CS)c1N. The average Bonchev–Trinajstić information content (AvgIpc) is 2.15. The van der Waals surface area contributed by atoms with Crippen LogP contribution in [0.4, 0.5) is 5.82 Å². The Hall–Kier alpha value is -0.640. The maximum atomic E-state index is 5.56. The van der Waals surface area contributed by atoms with Crippen molar-refractivity contribution >= 4 is 18.4 Å². The van der Waals surface area contributed by atoms with Gasteiger partial charge >= 0.3 is 0 Å². The maximum absolute atomic E-state index is 5.56. The molecule has 2 N–H and O–H groups in total.